The van der Waals surface area contributed by atoms with Gasteiger partial charge in [-0.2, -0.15) is 0 Å². The second kappa shape index (κ2) is 9.75. The van der Waals surface area contributed by atoms with Crippen LogP contribution in [0.15, 0.2) is 0 Å². The maximum atomic E-state index is 5.77. The Morgan fingerprint density at radius 2 is 0.875 bits per heavy atom. The third kappa shape index (κ3) is 11.2. The molecule has 0 fully saturated rings. The minimum atomic E-state index is -2.62. The molecule has 0 spiro atoms. The summed E-state index contributed by atoms with van der Waals surface area (Å²) in [5, 5.41) is 0. The summed E-state index contributed by atoms with van der Waals surface area (Å²) in [6.45, 7) is 15.2. The van der Waals surface area contributed by atoms with Gasteiger partial charge in [0.25, 0.3) is 0 Å². The molecule has 0 heterocycles. The van der Waals surface area contributed by atoms with E-state index in [1.165, 1.54) is 0 Å². The van der Waals surface area contributed by atoms with E-state index < -0.39 is 22.7 Å². The van der Waals surface area contributed by atoms with Crippen LogP contribution in [0, 0.1) is 17.8 Å². The second-order valence-electron chi connectivity index (χ2n) is 5.47. The molecular formula is C12H27InO3. The summed E-state index contributed by atoms with van der Waals surface area (Å²) in [4.78, 5) is 0. The zero-order valence-electron chi connectivity index (χ0n) is 11.7. The van der Waals surface area contributed by atoms with Crippen molar-refractivity contribution < 1.29 is 8.56 Å². The van der Waals surface area contributed by atoms with Gasteiger partial charge >= 0.3 is 110 Å². The van der Waals surface area contributed by atoms with Gasteiger partial charge in [-0.15, -0.1) is 0 Å². The van der Waals surface area contributed by atoms with Crippen molar-refractivity contribution in [2.75, 3.05) is 19.8 Å². The van der Waals surface area contributed by atoms with Crippen molar-refractivity contribution in [2.24, 2.45) is 17.8 Å². The van der Waals surface area contributed by atoms with Crippen LogP contribution in [0.25, 0.3) is 0 Å². The molecule has 0 aliphatic rings. The number of hydrogen-bond donors (Lipinski definition) is 0. The second-order valence-corrected chi connectivity index (χ2v) is 9.97. The van der Waals surface area contributed by atoms with Gasteiger partial charge in [-0.3, -0.25) is 0 Å². The summed E-state index contributed by atoms with van der Waals surface area (Å²) in [6, 6.07) is 0. The van der Waals surface area contributed by atoms with Gasteiger partial charge in [0.1, 0.15) is 0 Å². The summed E-state index contributed by atoms with van der Waals surface area (Å²) in [7, 11) is 0. The van der Waals surface area contributed by atoms with Gasteiger partial charge in [-0.25, -0.2) is 0 Å². The molecule has 0 saturated carbocycles. The predicted molar refractivity (Wildman–Crippen MR) is 68.1 cm³/mol. The summed E-state index contributed by atoms with van der Waals surface area (Å²) in [6.07, 6.45) is 0. The molecule has 0 aromatic heterocycles. The van der Waals surface area contributed by atoms with Crippen molar-refractivity contribution in [3.63, 3.8) is 0 Å². The molecule has 0 atom stereocenters. The zero-order valence-corrected chi connectivity index (χ0v) is 15.0. The molecule has 96 valence electrons. The number of rotatable bonds is 9. The van der Waals surface area contributed by atoms with Crippen LogP contribution in [-0.2, 0) is 8.56 Å². The Kier molecular flexibility index (Phi) is 10.2. The average Bonchev–Trinajstić information content (AvgIpc) is 2.15. The van der Waals surface area contributed by atoms with Gasteiger partial charge in [-0.1, -0.05) is 0 Å². The van der Waals surface area contributed by atoms with Crippen LogP contribution in [0.4, 0.5) is 0 Å². The predicted octanol–water partition coefficient (Wildman–Crippen LogP) is 2.99. The molecule has 0 aromatic carbocycles. The van der Waals surface area contributed by atoms with E-state index in [9.17, 15) is 0 Å². The molecule has 0 rings (SSSR count). The molecule has 4 heteroatoms. The van der Waals surface area contributed by atoms with Crippen molar-refractivity contribution in [3.05, 3.63) is 0 Å². The first-order valence-electron chi connectivity index (χ1n) is 6.26. The molecule has 0 amide bonds. The van der Waals surface area contributed by atoms with Gasteiger partial charge in [0.05, 0.1) is 0 Å². The van der Waals surface area contributed by atoms with Crippen molar-refractivity contribution in [3.8, 4) is 0 Å². The van der Waals surface area contributed by atoms with Gasteiger partial charge in [0, 0.05) is 0 Å². The zero-order chi connectivity index (χ0) is 12.6. The summed E-state index contributed by atoms with van der Waals surface area (Å²) < 4.78 is 17.3. The maximum absolute atomic E-state index is 5.77. The van der Waals surface area contributed by atoms with Crippen molar-refractivity contribution >= 4 is 22.7 Å². The minimum absolute atomic E-state index is 0.546. The molecule has 0 aliphatic carbocycles. The van der Waals surface area contributed by atoms with Crippen LogP contribution in [0.3, 0.4) is 0 Å². The van der Waals surface area contributed by atoms with Crippen LogP contribution >= 0.6 is 0 Å². The van der Waals surface area contributed by atoms with Crippen LogP contribution in [0.1, 0.15) is 41.5 Å². The van der Waals surface area contributed by atoms with E-state index in [0.717, 1.165) is 19.8 Å². The van der Waals surface area contributed by atoms with Gasteiger partial charge in [-0.05, 0) is 0 Å². The molecular weight excluding hydrogens is 307 g/mol. The quantitative estimate of drug-likeness (QED) is 0.649. The van der Waals surface area contributed by atoms with Crippen molar-refractivity contribution in [1.29, 1.82) is 0 Å². The van der Waals surface area contributed by atoms with Gasteiger partial charge in [0.2, 0.25) is 0 Å². The standard InChI is InChI=1S/3C4H9O.In/c3*1-4(2)3-5;/h3*4H,3H2,1-2H3;/q3*-1;+3. The van der Waals surface area contributed by atoms with E-state index in [1.54, 1.807) is 0 Å². The van der Waals surface area contributed by atoms with E-state index >= 15 is 0 Å². The average molecular weight is 334 g/mol. The molecule has 0 radical (unpaired) electrons. The monoisotopic (exact) mass is 334 g/mol. The molecule has 0 N–H and O–H groups in total. The summed E-state index contributed by atoms with van der Waals surface area (Å²) in [5.74, 6) is 1.64. The summed E-state index contributed by atoms with van der Waals surface area (Å²) >= 11 is -2.62. The number of hydrogen-bond acceptors (Lipinski definition) is 3. The first kappa shape index (κ1) is 16.8. The molecule has 0 aliphatic heterocycles. The van der Waals surface area contributed by atoms with E-state index in [2.05, 4.69) is 41.5 Å². The fraction of sp³-hybridized carbons (Fsp3) is 1.00. The third-order valence-electron chi connectivity index (χ3n) is 1.70. The molecule has 0 bridgehead atoms. The van der Waals surface area contributed by atoms with Crippen LogP contribution in [0.5, 0.6) is 0 Å². The van der Waals surface area contributed by atoms with E-state index in [4.69, 9.17) is 8.56 Å². The summed E-state index contributed by atoms with van der Waals surface area (Å²) in [5.41, 5.74) is 0. The van der Waals surface area contributed by atoms with Crippen molar-refractivity contribution in [1.82, 2.24) is 0 Å². The fourth-order valence-electron chi connectivity index (χ4n) is 0.957. The third-order valence-corrected chi connectivity index (χ3v) is 5.68. The van der Waals surface area contributed by atoms with Crippen molar-refractivity contribution in [2.45, 2.75) is 41.5 Å². The van der Waals surface area contributed by atoms with E-state index in [1.807, 2.05) is 0 Å². The topological polar surface area (TPSA) is 27.7 Å². The Hall–Kier alpha value is 0.750. The van der Waals surface area contributed by atoms with E-state index in [0.29, 0.717) is 17.8 Å². The molecule has 0 aromatic rings. The van der Waals surface area contributed by atoms with Crippen LogP contribution < -0.4 is 0 Å². The normalized spacial score (nSPS) is 11.8. The molecule has 0 saturated heterocycles. The van der Waals surface area contributed by atoms with Gasteiger partial charge < -0.3 is 0 Å². The first-order valence-corrected chi connectivity index (χ1v) is 10.3. The Morgan fingerprint density at radius 3 is 1.06 bits per heavy atom. The Balaban J connectivity index is 3.85. The van der Waals surface area contributed by atoms with Crippen LogP contribution in [0.2, 0.25) is 0 Å². The van der Waals surface area contributed by atoms with E-state index in [-0.39, 0.29) is 0 Å². The Morgan fingerprint density at radius 1 is 0.625 bits per heavy atom. The fourth-order valence-corrected chi connectivity index (χ4v) is 6.42. The molecule has 0 unspecified atom stereocenters. The first-order chi connectivity index (χ1) is 7.41. The van der Waals surface area contributed by atoms with Crippen LogP contribution in [-0.4, -0.2) is 42.6 Å². The SMILES string of the molecule is CC(C)C[O][In]([O]CC(C)C)[O]CC(C)C. The Bertz CT molecular complexity index is 132. The Labute approximate surface area is 110 Å². The molecule has 3 nitrogen and oxygen atoms in total. The van der Waals surface area contributed by atoms with Gasteiger partial charge in [0.15, 0.2) is 0 Å². The molecule has 16 heavy (non-hydrogen) atoms.